The molecule has 0 radical (unpaired) electrons. The van der Waals surface area contributed by atoms with Crippen LogP contribution in [-0.2, 0) is 16.0 Å². The molecule has 0 unspecified atom stereocenters. The maximum atomic E-state index is 13.9. The minimum Gasteiger partial charge on any atom is -0.506 e. The SMILES string of the molecule is CCOC(=O)CCCCOc1cc2oc3cc4c(c(O)c3c(=O)c2c(CC=C(C)C)c1OC)C=CC(C)(C)O4. The van der Waals surface area contributed by atoms with Crippen LogP contribution in [0.25, 0.3) is 28.0 Å². The van der Waals surface area contributed by atoms with Gasteiger partial charge in [0.15, 0.2) is 11.5 Å². The van der Waals surface area contributed by atoms with Gasteiger partial charge in [0.1, 0.15) is 33.7 Å². The first-order valence-electron chi connectivity index (χ1n) is 13.2. The largest absolute Gasteiger partial charge is 0.506 e. The first-order valence-corrected chi connectivity index (χ1v) is 13.2. The van der Waals surface area contributed by atoms with Crippen LogP contribution in [-0.4, -0.2) is 37.0 Å². The Morgan fingerprint density at radius 3 is 2.56 bits per heavy atom. The number of carbonyl (C=O) groups is 1. The number of rotatable bonds is 10. The maximum absolute atomic E-state index is 13.9. The van der Waals surface area contributed by atoms with Crippen molar-refractivity contribution < 1.29 is 33.3 Å². The van der Waals surface area contributed by atoms with Crippen molar-refractivity contribution in [2.45, 2.75) is 65.9 Å². The van der Waals surface area contributed by atoms with E-state index in [9.17, 15) is 14.7 Å². The Bertz CT molecular complexity index is 1520. The topological polar surface area (TPSA) is 104 Å². The van der Waals surface area contributed by atoms with Gasteiger partial charge < -0.3 is 28.5 Å². The number of methoxy groups -OCH3 is 1. The van der Waals surface area contributed by atoms with Crippen molar-refractivity contribution >= 4 is 34.0 Å². The van der Waals surface area contributed by atoms with Crippen LogP contribution in [0, 0.1) is 0 Å². The van der Waals surface area contributed by atoms with E-state index in [0.717, 1.165) is 5.57 Å². The second kappa shape index (κ2) is 11.4. The van der Waals surface area contributed by atoms with E-state index in [4.69, 9.17) is 23.4 Å². The smallest absolute Gasteiger partial charge is 0.305 e. The minimum atomic E-state index is -0.566. The van der Waals surface area contributed by atoms with Crippen molar-refractivity contribution in [3.63, 3.8) is 0 Å². The number of fused-ring (bicyclic) bond motifs is 3. The summed E-state index contributed by atoms with van der Waals surface area (Å²) in [7, 11) is 1.53. The van der Waals surface area contributed by atoms with Crippen molar-refractivity contribution in [3.8, 4) is 23.0 Å². The second-order valence-electron chi connectivity index (χ2n) is 10.3. The Labute approximate surface area is 227 Å². The highest BCUT2D eigenvalue weighted by atomic mass is 16.5. The monoisotopic (exact) mass is 536 g/mol. The zero-order valence-corrected chi connectivity index (χ0v) is 23.4. The van der Waals surface area contributed by atoms with Gasteiger partial charge in [0.25, 0.3) is 0 Å². The van der Waals surface area contributed by atoms with Crippen LogP contribution in [0.1, 0.15) is 65.0 Å². The number of aromatic hydroxyl groups is 1. The molecule has 8 nitrogen and oxygen atoms in total. The van der Waals surface area contributed by atoms with Crippen LogP contribution in [0.2, 0.25) is 0 Å². The molecule has 3 aromatic rings. The molecule has 0 saturated carbocycles. The number of esters is 1. The van der Waals surface area contributed by atoms with Gasteiger partial charge >= 0.3 is 5.97 Å². The van der Waals surface area contributed by atoms with Gasteiger partial charge in [-0.3, -0.25) is 9.59 Å². The number of benzene rings is 2. The zero-order chi connectivity index (χ0) is 28.3. The Morgan fingerprint density at radius 1 is 1.13 bits per heavy atom. The Balaban J connectivity index is 1.83. The van der Waals surface area contributed by atoms with Crippen molar-refractivity contribution in [2.75, 3.05) is 20.3 Å². The number of hydrogen-bond donors (Lipinski definition) is 1. The minimum absolute atomic E-state index is 0.0855. The van der Waals surface area contributed by atoms with E-state index in [1.807, 2.05) is 39.8 Å². The van der Waals surface area contributed by atoms with Crippen LogP contribution in [0.5, 0.6) is 23.0 Å². The molecule has 0 amide bonds. The summed E-state index contributed by atoms with van der Waals surface area (Å²) < 4.78 is 29.1. The predicted octanol–water partition coefficient (Wildman–Crippen LogP) is 6.47. The summed E-state index contributed by atoms with van der Waals surface area (Å²) in [5.41, 5.74) is 1.73. The van der Waals surface area contributed by atoms with E-state index in [0.29, 0.717) is 78.2 Å². The molecule has 4 rings (SSSR count). The Hall–Kier alpha value is -3.94. The molecule has 39 heavy (non-hydrogen) atoms. The van der Waals surface area contributed by atoms with Crippen molar-refractivity contribution in [2.24, 2.45) is 0 Å². The molecule has 1 aliphatic rings. The predicted molar refractivity (Wildman–Crippen MR) is 151 cm³/mol. The molecule has 2 aromatic carbocycles. The first kappa shape index (κ1) is 28.1. The van der Waals surface area contributed by atoms with E-state index in [1.165, 1.54) is 7.11 Å². The number of allylic oxidation sites excluding steroid dienone is 2. The molecule has 2 heterocycles. The van der Waals surface area contributed by atoms with Gasteiger partial charge in [-0.05, 0) is 66.0 Å². The summed E-state index contributed by atoms with van der Waals surface area (Å²) in [6.07, 6.45) is 7.57. The number of phenolic OH excluding ortho intramolecular Hbond substituents is 1. The van der Waals surface area contributed by atoms with Gasteiger partial charge in [0.2, 0.25) is 5.43 Å². The van der Waals surface area contributed by atoms with Crippen LogP contribution in [0.4, 0.5) is 0 Å². The summed E-state index contributed by atoms with van der Waals surface area (Å²) >= 11 is 0. The van der Waals surface area contributed by atoms with Crippen molar-refractivity contribution in [3.05, 3.63) is 51.2 Å². The quantitative estimate of drug-likeness (QED) is 0.136. The molecule has 0 atom stereocenters. The van der Waals surface area contributed by atoms with Crippen LogP contribution < -0.4 is 19.6 Å². The zero-order valence-electron chi connectivity index (χ0n) is 23.4. The van der Waals surface area contributed by atoms with Gasteiger partial charge in [-0.1, -0.05) is 11.6 Å². The van der Waals surface area contributed by atoms with Crippen LogP contribution >= 0.6 is 0 Å². The van der Waals surface area contributed by atoms with E-state index in [1.54, 1.807) is 25.1 Å². The average molecular weight is 537 g/mol. The number of ether oxygens (including phenoxy) is 4. The van der Waals surface area contributed by atoms with Gasteiger partial charge in [-0.2, -0.15) is 0 Å². The summed E-state index contributed by atoms with van der Waals surface area (Å²) in [5.74, 6) is 0.889. The van der Waals surface area contributed by atoms with Crippen LogP contribution in [0.3, 0.4) is 0 Å². The van der Waals surface area contributed by atoms with E-state index in [2.05, 4.69) is 0 Å². The summed E-state index contributed by atoms with van der Waals surface area (Å²) in [6.45, 7) is 10.2. The third kappa shape index (κ3) is 5.90. The highest BCUT2D eigenvalue weighted by Crippen LogP contribution is 2.43. The molecule has 1 aliphatic heterocycles. The molecular formula is C31H36O8. The Kier molecular flexibility index (Phi) is 8.23. The van der Waals surface area contributed by atoms with Crippen molar-refractivity contribution in [1.82, 2.24) is 0 Å². The molecule has 208 valence electrons. The van der Waals surface area contributed by atoms with Gasteiger partial charge in [-0.25, -0.2) is 0 Å². The third-order valence-electron chi connectivity index (χ3n) is 6.53. The van der Waals surface area contributed by atoms with Gasteiger partial charge in [0, 0.05) is 24.1 Å². The fourth-order valence-electron chi connectivity index (χ4n) is 4.64. The maximum Gasteiger partial charge on any atom is 0.305 e. The number of carbonyl (C=O) groups excluding carboxylic acids is 1. The van der Waals surface area contributed by atoms with Gasteiger partial charge in [0.05, 0.1) is 31.3 Å². The lowest BCUT2D eigenvalue weighted by Crippen LogP contribution is -2.27. The summed E-state index contributed by atoms with van der Waals surface area (Å²) in [5, 5.41) is 11.6. The first-order chi connectivity index (χ1) is 18.6. The standard InChI is InChI=1S/C31H36O8/c1-7-36-25(32)10-8-9-15-37-24-17-22-26(20(30(24)35-6)12-11-18(2)3)29(34)27-23(38-22)16-21-19(28(27)33)13-14-31(4,5)39-21/h11,13-14,16-17,33H,7-10,12,15H2,1-6H3. The number of phenols is 1. The molecule has 8 heteroatoms. The highest BCUT2D eigenvalue weighted by molar-refractivity contribution is 5.99. The number of unbranched alkanes of at least 4 members (excludes halogenated alkanes) is 1. The molecule has 1 N–H and O–H groups in total. The fourth-order valence-corrected chi connectivity index (χ4v) is 4.64. The molecule has 0 bridgehead atoms. The average Bonchev–Trinajstić information content (AvgIpc) is 2.86. The lowest BCUT2D eigenvalue weighted by Gasteiger charge is -2.28. The van der Waals surface area contributed by atoms with Crippen LogP contribution in [0.15, 0.2) is 39.1 Å². The molecule has 0 aliphatic carbocycles. The van der Waals surface area contributed by atoms with E-state index < -0.39 is 5.60 Å². The molecule has 1 aromatic heterocycles. The molecule has 0 fully saturated rings. The molecule has 0 saturated heterocycles. The summed E-state index contributed by atoms with van der Waals surface area (Å²) in [6, 6.07) is 3.29. The Morgan fingerprint density at radius 2 is 1.87 bits per heavy atom. The fraction of sp³-hybridized carbons (Fsp3) is 0.419. The lowest BCUT2D eigenvalue weighted by molar-refractivity contribution is -0.143. The third-order valence-corrected chi connectivity index (χ3v) is 6.53. The molecule has 0 spiro atoms. The second-order valence-corrected chi connectivity index (χ2v) is 10.3. The summed E-state index contributed by atoms with van der Waals surface area (Å²) in [4.78, 5) is 25.6. The van der Waals surface area contributed by atoms with E-state index >= 15 is 0 Å². The highest BCUT2D eigenvalue weighted by Gasteiger charge is 2.28. The number of hydrogen-bond acceptors (Lipinski definition) is 8. The van der Waals surface area contributed by atoms with Crippen molar-refractivity contribution in [1.29, 1.82) is 0 Å². The molecular weight excluding hydrogens is 500 g/mol. The van der Waals surface area contributed by atoms with E-state index in [-0.39, 0.29) is 28.1 Å². The van der Waals surface area contributed by atoms with Gasteiger partial charge in [-0.15, -0.1) is 0 Å². The lowest BCUT2D eigenvalue weighted by atomic mass is 9.97. The normalized spacial score (nSPS) is 13.6.